The molecule has 2 heterocycles. The van der Waals surface area contributed by atoms with Crippen molar-refractivity contribution in [3.63, 3.8) is 0 Å². The minimum atomic E-state index is 0.711. The van der Waals surface area contributed by atoms with Crippen molar-refractivity contribution in [1.29, 1.82) is 0 Å². The number of hydrogen-bond acceptors (Lipinski definition) is 4. The van der Waals surface area contributed by atoms with Gasteiger partial charge in [0.05, 0.1) is 22.8 Å². The van der Waals surface area contributed by atoms with E-state index in [0.29, 0.717) is 5.92 Å². The van der Waals surface area contributed by atoms with Gasteiger partial charge in [0.2, 0.25) is 0 Å². The molecule has 2 aliphatic rings. The summed E-state index contributed by atoms with van der Waals surface area (Å²) in [6.45, 7) is 7.93. The van der Waals surface area contributed by atoms with Gasteiger partial charge in [0, 0.05) is 36.6 Å². The van der Waals surface area contributed by atoms with Crippen LogP contribution in [0.2, 0.25) is 0 Å². The van der Waals surface area contributed by atoms with Gasteiger partial charge in [0.25, 0.3) is 0 Å². The van der Waals surface area contributed by atoms with Crippen LogP contribution in [0.5, 0.6) is 0 Å². The molecule has 0 amide bonds. The Morgan fingerprint density at radius 1 is 0.652 bits per heavy atom. The van der Waals surface area contributed by atoms with Crippen LogP contribution in [0, 0.1) is 13.8 Å². The van der Waals surface area contributed by atoms with Gasteiger partial charge in [-0.1, -0.05) is 20.3 Å². The molecule has 124 valence electrons. The fraction of sp³-hybridized carbons (Fsp3) is 0.579. The average Bonchev–Trinajstić information content (AvgIpc) is 3.36. The molecule has 0 unspecified atom stereocenters. The third-order valence-electron chi connectivity index (χ3n) is 4.12. The monoisotopic (exact) mass is 312 g/mol. The van der Waals surface area contributed by atoms with Crippen LogP contribution in [-0.4, -0.2) is 19.9 Å². The summed E-state index contributed by atoms with van der Waals surface area (Å²) in [5.74, 6) is 1.44. The van der Waals surface area contributed by atoms with Gasteiger partial charge in [-0.15, -0.1) is 0 Å². The molecule has 4 rings (SSSR count). The van der Waals surface area contributed by atoms with E-state index in [2.05, 4.69) is 19.9 Å². The molecule has 4 heteroatoms. The van der Waals surface area contributed by atoms with E-state index in [1.165, 1.54) is 43.5 Å². The van der Waals surface area contributed by atoms with Gasteiger partial charge in [-0.3, -0.25) is 19.9 Å². The largest absolute Gasteiger partial charge is 0.258 e. The second kappa shape index (κ2) is 8.70. The molecule has 2 fully saturated rings. The summed E-state index contributed by atoms with van der Waals surface area (Å²) >= 11 is 0. The number of aromatic nitrogens is 4. The molecule has 0 aliphatic heterocycles. The van der Waals surface area contributed by atoms with Crippen LogP contribution in [0.1, 0.15) is 80.6 Å². The first-order chi connectivity index (χ1) is 11.2. The Morgan fingerprint density at radius 2 is 1.09 bits per heavy atom. The van der Waals surface area contributed by atoms with Crippen LogP contribution in [0.25, 0.3) is 0 Å². The number of aryl methyl sites for hydroxylation is 2. The predicted octanol–water partition coefficient (Wildman–Crippen LogP) is 4.74. The van der Waals surface area contributed by atoms with E-state index < -0.39 is 0 Å². The van der Waals surface area contributed by atoms with Gasteiger partial charge < -0.3 is 0 Å². The zero-order valence-electron chi connectivity index (χ0n) is 14.8. The van der Waals surface area contributed by atoms with Crippen LogP contribution >= 0.6 is 0 Å². The molecule has 2 saturated carbocycles. The van der Waals surface area contributed by atoms with Crippen LogP contribution < -0.4 is 0 Å². The van der Waals surface area contributed by atoms with Gasteiger partial charge in [-0.25, -0.2) is 0 Å². The lowest BCUT2D eigenvalue weighted by Crippen LogP contribution is -2.10. The maximum atomic E-state index is 4.34. The fourth-order valence-corrected chi connectivity index (χ4v) is 2.31. The standard InChI is InChI=1S/C9H12N2.C8H10N2.C2H6/c1-7-5-11-9(6-10-7)8-3-2-4-8;1-6-4-10-8(5-9-6)7-2-3-7;1-2/h5-6,8H,2-4H2,1H3;4-5,7H,2-3H2,1H3;1-2H3. The van der Waals surface area contributed by atoms with Crippen molar-refractivity contribution in [2.75, 3.05) is 0 Å². The lowest BCUT2D eigenvalue weighted by Gasteiger charge is -2.24. The van der Waals surface area contributed by atoms with Crippen LogP contribution in [-0.2, 0) is 0 Å². The molecule has 0 spiro atoms. The highest BCUT2D eigenvalue weighted by molar-refractivity contribution is 5.11. The quantitative estimate of drug-likeness (QED) is 0.803. The smallest absolute Gasteiger partial charge is 0.0617 e. The summed E-state index contributed by atoms with van der Waals surface area (Å²) in [5.41, 5.74) is 4.37. The zero-order chi connectivity index (χ0) is 16.7. The Bertz CT molecular complexity index is 569. The third-order valence-corrected chi connectivity index (χ3v) is 4.12. The molecule has 0 atom stereocenters. The van der Waals surface area contributed by atoms with E-state index in [4.69, 9.17) is 0 Å². The molecule has 23 heavy (non-hydrogen) atoms. The second-order valence-corrected chi connectivity index (χ2v) is 6.07. The van der Waals surface area contributed by atoms with Crippen molar-refractivity contribution in [3.8, 4) is 0 Å². The van der Waals surface area contributed by atoms with Gasteiger partial charge >= 0.3 is 0 Å². The van der Waals surface area contributed by atoms with E-state index in [9.17, 15) is 0 Å². The Hall–Kier alpha value is -1.84. The van der Waals surface area contributed by atoms with Crippen molar-refractivity contribution >= 4 is 0 Å². The van der Waals surface area contributed by atoms with Crippen molar-refractivity contribution in [2.24, 2.45) is 0 Å². The van der Waals surface area contributed by atoms with E-state index in [1.807, 2.05) is 52.5 Å². The van der Waals surface area contributed by atoms with Crippen LogP contribution in [0.15, 0.2) is 24.8 Å². The first-order valence-corrected chi connectivity index (χ1v) is 8.79. The SMILES string of the molecule is CC.Cc1cnc(C2CC2)cn1.Cc1cnc(C2CCC2)cn1. The lowest BCUT2D eigenvalue weighted by atomic mass is 9.83. The molecule has 4 nitrogen and oxygen atoms in total. The molecule has 2 aromatic heterocycles. The van der Waals surface area contributed by atoms with Crippen molar-refractivity contribution in [2.45, 2.75) is 71.6 Å². The third kappa shape index (κ3) is 5.38. The highest BCUT2D eigenvalue weighted by atomic mass is 14.8. The summed E-state index contributed by atoms with van der Waals surface area (Å²) in [6.07, 6.45) is 14.1. The molecule has 0 radical (unpaired) electrons. The fourth-order valence-electron chi connectivity index (χ4n) is 2.31. The number of rotatable bonds is 2. The maximum absolute atomic E-state index is 4.34. The Labute approximate surface area is 139 Å². The minimum absolute atomic E-state index is 0.711. The summed E-state index contributed by atoms with van der Waals surface area (Å²) in [7, 11) is 0. The first-order valence-electron chi connectivity index (χ1n) is 8.79. The molecular formula is C19H28N4. The summed E-state index contributed by atoms with van der Waals surface area (Å²) in [5, 5.41) is 0. The molecule has 2 aromatic rings. The van der Waals surface area contributed by atoms with Gasteiger partial charge in [0.15, 0.2) is 0 Å². The second-order valence-electron chi connectivity index (χ2n) is 6.07. The molecule has 2 aliphatic carbocycles. The maximum Gasteiger partial charge on any atom is 0.0617 e. The van der Waals surface area contributed by atoms with E-state index in [-0.39, 0.29) is 0 Å². The van der Waals surface area contributed by atoms with E-state index in [1.54, 1.807) is 0 Å². The van der Waals surface area contributed by atoms with Crippen molar-refractivity contribution < 1.29 is 0 Å². The predicted molar refractivity (Wildman–Crippen MR) is 93.5 cm³/mol. The molecule has 0 aromatic carbocycles. The summed E-state index contributed by atoms with van der Waals surface area (Å²) in [4.78, 5) is 17.0. The lowest BCUT2D eigenvalue weighted by molar-refractivity contribution is 0.410. The molecule has 0 saturated heterocycles. The highest BCUT2D eigenvalue weighted by Gasteiger charge is 2.24. The minimum Gasteiger partial charge on any atom is -0.258 e. The Morgan fingerprint density at radius 3 is 1.35 bits per heavy atom. The topological polar surface area (TPSA) is 51.6 Å². The zero-order valence-corrected chi connectivity index (χ0v) is 14.8. The molecule has 0 bridgehead atoms. The summed E-state index contributed by atoms with van der Waals surface area (Å²) in [6, 6.07) is 0. The van der Waals surface area contributed by atoms with Crippen molar-refractivity contribution in [1.82, 2.24) is 19.9 Å². The van der Waals surface area contributed by atoms with Crippen LogP contribution in [0.3, 0.4) is 0 Å². The van der Waals surface area contributed by atoms with Crippen LogP contribution in [0.4, 0.5) is 0 Å². The van der Waals surface area contributed by atoms with Gasteiger partial charge in [-0.05, 0) is 39.5 Å². The van der Waals surface area contributed by atoms with Gasteiger partial charge in [0.1, 0.15) is 0 Å². The van der Waals surface area contributed by atoms with E-state index in [0.717, 1.165) is 17.3 Å². The molecular weight excluding hydrogens is 284 g/mol. The summed E-state index contributed by atoms with van der Waals surface area (Å²) < 4.78 is 0. The number of nitrogens with zero attached hydrogens (tertiary/aromatic N) is 4. The molecule has 0 N–H and O–H groups in total. The Kier molecular flexibility index (Phi) is 6.63. The number of hydrogen-bond donors (Lipinski definition) is 0. The first kappa shape index (κ1) is 17.5. The van der Waals surface area contributed by atoms with Crippen molar-refractivity contribution in [3.05, 3.63) is 47.6 Å². The van der Waals surface area contributed by atoms with Gasteiger partial charge in [-0.2, -0.15) is 0 Å². The normalized spacial score (nSPS) is 16.3. The Balaban J connectivity index is 0.000000152. The van der Waals surface area contributed by atoms with E-state index >= 15 is 0 Å². The highest BCUT2D eigenvalue weighted by Crippen LogP contribution is 2.38. The average molecular weight is 312 g/mol.